The molecule has 9 heteroatoms. The van der Waals surface area contributed by atoms with Gasteiger partial charge in [-0.15, -0.1) is 0 Å². The molecule has 2 aromatic rings. The molecule has 0 aliphatic rings. The van der Waals surface area contributed by atoms with Crippen LogP contribution in [-0.4, -0.2) is 32.3 Å². The summed E-state index contributed by atoms with van der Waals surface area (Å²) in [7, 11) is 3.07. The molecule has 1 unspecified atom stereocenters. The van der Waals surface area contributed by atoms with Gasteiger partial charge >= 0.3 is 0 Å². The van der Waals surface area contributed by atoms with Gasteiger partial charge in [-0.25, -0.2) is 9.38 Å². The highest BCUT2D eigenvalue weighted by Crippen LogP contribution is 2.28. The number of rotatable bonds is 7. The second-order valence-electron chi connectivity index (χ2n) is 8.05. The monoisotopic (exact) mass is 441 g/mol. The summed E-state index contributed by atoms with van der Waals surface area (Å²) in [4.78, 5) is 17.2. The summed E-state index contributed by atoms with van der Waals surface area (Å²) in [5.41, 5.74) is 0.681. The summed E-state index contributed by atoms with van der Waals surface area (Å²) in [6.45, 7) is 5.72. The number of hydrogen-bond acceptors (Lipinski definition) is 5. The maximum atomic E-state index is 13.5. The maximum Gasteiger partial charge on any atom is 0.226 e. The molecular weight excluding hydrogens is 413 g/mol. The first kappa shape index (κ1) is 24.5. The lowest BCUT2D eigenvalue weighted by molar-refractivity contribution is -0.121. The van der Waals surface area contributed by atoms with Crippen LogP contribution in [0.2, 0.25) is 0 Å². The normalized spacial score (nSPS) is 12.3. The molecule has 0 spiro atoms. The summed E-state index contributed by atoms with van der Waals surface area (Å²) in [6.07, 6.45) is 1.22. The van der Waals surface area contributed by atoms with Gasteiger partial charge in [0.15, 0.2) is 17.7 Å². The van der Waals surface area contributed by atoms with E-state index >= 15 is 0 Å². The average Bonchev–Trinajstić information content (AvgIpc) is 2.72. The molecule has 0 aliphatic heterocycles. The maximum absolute atomic E-state index is 13.5. The predicted molar refractivity (Wildman–Crippen MR) is 121 cm³/mol. The molecule has 1 atom stereocenters. The van der Waals surface area contributed by atoms with Crippen LogP contribution in [0.3, 0.4) is 0 Å². The zero-order valence-electron chi connectivity index (χ0n) is 18.8. The molecule has 1 amide bonds. The summed E-state index contributed by atoms with van der Waals surface area (Å²) in [5.74, 6) is 0.502. The molecule has 0 saturated carbocycles. The van der Waals surface area contributed by atoms with Crippen molar-refractivity contribution in [1.29, 1.82) is 5.26 Å². The molecule has 0 saturated heterocycles. The molecule has 8 nitrogen and oxygen atoms in total. The number of amides is 1. The number of anilines is 1. The predicted octanol–water partition coefficient (Wildman–Crippen LogP) is 3.41. The smallest absolute Gasteiger partial charge is 0.226 e. The number of guanidine groups is 1. The number of nitrogens with zero attached hydrogens (tertiary/aromatic N) is 2. The van der Waals surface area contributed by atoms with Gasteiger partial charge in [0, 0.05) is 11.1 Å². The van der Waals surface area contributed by atoms with Gasteiger partial charge in [-0.2, -0.15) is 5.26 Å². The van der Waals surface area contributed by atoms with E-state index in [1.54, 1.807) is 37.6 Å². The van der Waals surface area contributed by atoms with E-state index in [1.165, 1.54) is 25.3 Å². The minimum absolute atomic E-state index is 0.0874. The molecule has 3 N–H and O–H groups in total. The zero-order chi connectivity index (χ0) is 23.7. The van der Waals surface area contributed by atoms with Crippen molar-refractivity contribution in [2.75, 3.05) is 19.5 Å². The third-order valence-corrected chi connectivity index (χ3v) is 4.45. The third-order valence-electron chi connectivity index (χ3n) is 4.45. The van der Waals surface area contributed by atoms with Gasteiger partial charge < -0.3 is 20.1 Å². The van der Waals surface area contributed by atoms with E-state index in [2.05, 4.69) is 20.9 Å². The molecule has 0 bridgehead atoms. The largest absolute Gasteiger partial charge is 0.493 e. The van der Waals surface area contributed by atoms with E-state index in [9.17, 15) is 9.18 Å². The van der Waals surface area contributed by atoms with Gasteiger partial charge in [-0.05, 0) is 35.9 Å². The number of nitriles is 1. The van der Waals surface area contributed by atoms with Gasteiger partial charge in [0.1, 0.15) is 12.0 Å². The Morgan fingerprint density at radius 1 is 1.16 bits per heavy atom. The van der Waals surface area contributed by atoms with E-state index in [0.717, 1.165) is 5.56 Å². The lowest BCUT2D eigenvalue weighted by Gasteiger charge is -2.29. The Hall–Kier alpha value is -3.80. The summed E-state index contributed by atoms with van der Waals surface area (Å²) >= 11 is 0. The Bertz CT molecular complexity index is 1010. The van der Waals surface area contributed by atoms with Crippen molar-refractivity contribution in [3.63, 3.8) is 0 Å². The highest BCUT2D eigenvalue weighted by molar-refractivity contribution is 5.94. The van der Waals surface area contributed by atoms with E-state index in [-0.39, 0.29) is 18.3 Å². The SMILES string of the molecule is COc1ccc(CC(=O)NC(N=C(NC#N)Nc2cccc(F)c2)C(C)(C)C)cc1OC. The van der Waals surface area contributed by atoms with Crippen LogP contribution in [0.25, 0.3) is 0 Å². The van der Waals surface area contributed by atoms with Crippen molar-refractivity contribution >= 4 is 17.6 Å². The standard InChI is InChI=1S/C23H28FN5O3/c1-23(2,3)21(29-22(26-14-25)27-17-8-6-7-16(24)13-17)28-20(30)12-15-9-10-18(31-4)19(11-15)32-5/h6-11,13,21H,12H2,1-5H3,(H,28,30)(H2,26,27,29). The fraction of sp³-hybridized carbons (Fsp3) is 0.348. The van der Waals surface area contributed by atoms with Gasteiger partial charge in [-0.1, -0.05) is 32.9 Å². The van der Waals surface area contributed by atoms with E-state index in [0.29, 0.717) is 17.2 Å². The topological polar surface area (TPSA) is 108 Å². The molecule has 0 aliphatic carbocycles. The second kappa shape index (κ2) is 11.0. The highest BCUT2D eigenvalue weighted by atomic mass is 19.1. The Balaban J connectivity index is 2.21. The highest BCUT2D eigenvalue weighted by Gasteiger charge is 2.27. The second-order valence-corrected chi connectivity index (χ2v) is 8.05. The number of carbonyl (C=O) groups is 1. The summed E-state index contributed by atoms with van der Waals surface area (Å²) in [5, 5.41) is 17.3. The average molecular weight is 442 g/mol. The van der Waals surface area contributed by atoms with Crippen LogP contribution in [0.1, 0.15) is 26.3 Å². The third kappa shape index (κ3) is 7.16. The van der Waals surface area contributed by atoms with Crippen LogP contribution < -0.4 is 25.4 Å². The van der Waals surface area contributed by atoms with Gasteiger partial charge in [0.2, 0.25) is 11.9 Å². The van der Waals surface area contributed by atoms with Crippen LogP contribution in [-0.2, 0) is 11.2 Å². The van der Waals surface area contributed by atoms with Gasteiger partial charge in [0.05, 0.1) is 20.6 Å². The lowest BCUT2D eigenvalue weighted by atomic mass is 9.92. The van der Waals surface area contributed by atoms with Crippen molar-refractivity contribution in [3.05, 3.63) is 53.8 Å². The first-order chi connectivity index (χ1) is 15.2. The first-order valence-electron chi connectivity index (χ1n) is 9.92. The number of ether oxygens (including phenoxy) is 2. The molecular formula is C23H28FN5O3. The number of nitrogens with one attached hydrogen (secondary N) is 3. The number of carbonyl (C=O) groups excluding carboxylic acids is 1. The number of aliphatic imine (C=N–C) groups is 1. The van der Waals surface area contributed by atoms with E-state index < -0.39 is 17.4 Å². The molecule has 32 heavy (non-hydrogen) atoms. The van der Waals surface area contributed by atoms with Crippen LogP contribution in [0.15, 0.2) is 47.5 Å². The molecule has 0 fully saturated rings. The Kier molecular flexibility index (Phi) is 8.41. The lowest BCUT2D eigenvalue weighted by Crippen LogP contribution is -2.45. The number of halogens is 1. The van der Waals surface area contributed by atoms with Crippen molar-refractivity contribution in [1.82, 2.24) is 10.6 Å². The summed E-state index contributed by atoms with van der Waals surface area (Å²) in [6, 6.07) is 11.0. The quantitative estimate of drug-likeness (QED) is 0.263. The summed E-state index contributed by atoms with van der Waals surface area (Å²) < 4.78 is 24.0. The molecule has 0 aromatic heterocycles. The number of hydrogen-bond donors (Lipinski definition) is 3. The van der Waals surface area contributed by atoms with Crippen molar-refractivity contribution in [2.45, 2.75) is 33.4 Å². The van der Waals surface area contributed by atoms with Crippen molar-refractivity contribution in [3.8, 4) is 17.7 Å². The van der Waals surface area contributed by atoms with Gasteiger partial charge in [-0.3, -0.25) is 10.1 Å². The first-order valence-corrected chi connectivity index (χ1v) is 9.92. The Morgan fingerprint density at radius 3 is 2.47 bits per heavy atom. The minimum atomic E-state index is -0.674. The minimum Gasteiger partial charge on any atom is -0.493 e. The van der Waals surface area contributed by atoms with Crippen LogP contribution >= 0.6 is 0 Å². The Labute approximate surface area is 187 Å². The molecule has 0 radical (unpaired) electrons. The van der Waals surface area contributed by atoms with E-state index in [1.807, 2.05) is 20.8 Å². The molecule has 0 heterocycles. The number of benzene rings is 2. The van der Waals surface area contributed by atoms with Gasteiger partial charge in [0.25, 0.3) is 0 Å². The Morgan fingerprint density at radius 2 is 1.88 bits per heavy atom. The van der Waals surface area contributed by atoms with Crippen molar-refractivity contribution < 1.29 is 18.7 Å². The number of methoxy groups -OCH3 is 2. The van der Waals surface area contributed by atoms with Crippen LogP contribution in [0, 0.1) is 22.7 Å². The fourth-order valence-electron chi connectivity index (χ4n) is 2.80. The van der Waals surface area contributed by atoms with Crippen LogP contribution in [0.5, 0.6) is 11.5 Å². The molecule has 2 rings (SSSR count). The molecule has 170 valence electrons. The van der Waals surface area contributed by atoms with E-state index in [4.69, 9.17) is 14.7 Å². The molecule has 2 aromatic carbocycles. The zero-order valence-corrected chi connectivity index (χ0v) is 18.8. The fourth-order valence-corrected chi connectivity index (χ4v) is 2.80. The van der Waals surface area contributed by atoms with Crippen molar-refractivity contribution in [2.24, 2.45) is 10.4 Å². The van der Waals surface area contributed by atoms with Crippen LogP contribution in [0.4, 0.5) is 10.1 Å².